The van der Waals surface area contributed by atoms with Gasteiger partial charge in [-0.05, 0) is 63.2 Å². The molecular formula is C25H31F2N3O3. The molecule has 1 atom stereocenters. The number of aliphatic hydroxyl groups is 1. The fourth-order valence-corrected chi connectivity index (χ4v) is 3.60. The monoisotopic (exact) mass is 459 g/mol. The summed E-state index contributed by atoms with van der Waals surface area (Å²) in [6.07, 6.45) is 0.267. The first-order valence-corrected chi connectivity index (χ1v) is 11.2. The van der Waals surface area contributed by atoms with Crippen molar-refractivity contribution in [1.29, 1.82) is 0 Å². The SMILES string of the molecule is CCCN(Cc1c(C)nn(-c2ccc(F)cc2)c1Oc1cccc(F)c1)CC(O)COCC. The Morgan fingerprint density at radius 2 is 1.85 bits per heavy atom. The summed E-state index contributed by atoms with van der Waals surface area (Å²) in [5, 5.41) is 15.0. The fraction of sp³-hybridized carbons (Fsp3) is 0.400. The van der Waals surface area contributed by atoms with E-state index in [0.29, 0.717) is 37.0 Å². The van der Waals surface area contributed by atoms with Crippen LogP contribution in [0.15, 0.2) is 48.5 Å². The van der Waals surface area contributed by atoms with Crippen molar-refractivity contribution in [2.45, 2.75) is 39.8 Å². The lowest BCUT2D eigenvalue weighted by atomic mass is 10.2. The minimum atomic E-state index is -0.628. The number of rotatable bonds is 12. The maximum Gasteiger partial charge on any atom is 0.227 e. The number of ether oxygens (including phenoxy) is 2. The van der Waals surface area contributed by atoms with Crippen LogP contribution in [0.2, 0.25) is 0 Å². The second kappa shape index (κ2) is 11.9. The predicted molar refractivity (Wildman–Crippen MR) is 123 cm³/mol. The predicted octanol–water partition coefficient (Wildman–Crippen LogP) is 4.86. The highest BCUT2D eigenvalue weighted by Crippen LogP contribution is 2.32. The lowest BCUT2D eigenvalue weighted by molar-refractivity contribution is 0.0195. The van der Waals surface area contributed by atoms with Gasteiger partial charge < -0.3 is 14.6 Å². The van der Waals surface area contributed by atoms with Gasteiger partial charge in [-0.25, -0.2) is 13.5 Å². The largest absolute Gasteiger partial charge is 0.438 e. The molecule has 0 bridgehead atoms. The first kappa shape index (κ1) is 24.8. The van der Waals surface area contributed by atoms with Gasteiger partial charge in [-0.3, -0.25) is 4.90 Å². The van der Waals surface area contributed by atoms with E-state index in [-0.39, 0.29) is 12.4 Å². The van der Waals surface area contributed by atoms with Crippen LogP contribution >= 0.6 is 0 Å². The van der Waals surface area contributed by atoms with Gasteiger partial charge >= 0.3 is 0 Å². The summed E-state index contributed by atoms with van der Waals surface area (Å²) in [6.45, 7) is 8.28. The average molecular weight is 460 g/mol. The molecule has 3 aromatic rings. The molecule has 6 nitrogen and oxygen atoms in total. The van der Waals surface area contributed by atoms with Gasteiger partial charge in [0.25, 0.3) is 0 Å². The molecule has 0 amide bonds. The summed E-state index contributed by atoms with van der Waals surface area (Å²) in [6, 6.07) is 11.8. The van der Waals surface area contributed by atoms with E-state index in [2.05, 4.69) is 16.9 Å². The second-order valence-corrected chi connectivity index (χ2v) is 7.87. The van der Waals surface area contributed by atoms with Gasteiger partial charge in [0.2, 0.25) is 5.88 Å². The fourth-order valence-electron chi connectivity index (χ4n) is 3.60. The standard InChI is InChI=1S/C25H31F2N3O3/c1-4-13-29(15-22(31)17-32-5-2)16-24-18(3)28-30(21-11-9-19(26)10-12-21)25(24)33-23-8-6-7-20(27)14-23/h6-12,14,22,31H,4-5,13,15-17H2,1-3H3. The summed E-state index contributed by atoms with van der Waals surface area (Å²) < 4.78 is 40.4. The molecule has 0 aliphatic carbocycles. The van der Waals surface area contributed by atoms with E-state index < -0.39 is 11.9 Å². The van der Waals surface area contributed by atoms with Crippen molar-refractivity contribution in [3.05, 3.63) is 71.4 Å². The van der Waals surface area contributed by atoms with Gasteiger partial charge in [-0.2, -0.15) is 5.10 Å². The van der Waals surface area contributed by atoms with Crippen LogP contribution in [0.5, 0.6) is 11.6 Å². The smallest absolute Gasteiger partial charge is 0.227 e. The quantitative estimate of drug-likeness (QED) is 0.419. The van der Waals surface area contributed by atoms with Crippen LogP contribution in [0.4, 0.5) is 8.78 Å². The van der Waals surface area contributed by atoms with E-state index in [1.165, 1.54) is 24.3 Å². The number of hydrogen-bond donors (Lipinski definition) is 1. The first-order valence-electron chi connectivity index (χ1n) is 11.2. The lowest BCUT2D eigenvalue weighted by Crippen LogP contribution is -2.35. The van der Waals surface area contributed by atoms with Crippen molar-refractivity contribution in [3.8, 4) is 17.3 Å². The third-order valence-corrected chi connectivity index (χ3v) is 5.12. The van der Waals surface area contributed by atoms with Crippen LogP contribution in [0.25, 0.3) is 5.69 Å². The molecule has 0 saturated carbocycles. The number of benzene rings is 2. The Kier molecular flexibility index (Phi) is 8.94. The van der Waals surface area contributed by atoms with Gasteiger partial charge in [0, 0.05) is 25.8 Å². The molecule has 3 rings (SSSR count). The van der Waals surface area contributed by atoms with Crippen molar-refractivity contribution in [1.82, 2.24) is 14.7 Å². The van der Waals surface area contributed by atoms with Gasteiger partial charge in [0.1, 0.15) is 17.4 Å². The third kappa shape index (κ3) is 6.83. The van der Waals surface area contributed by atoms with Crippen LogP contribution in [0, 0.1) is 18.6 Å². The van der Waals surface area contributed by atoms with Crippen molar-refractivity contribution >= 4 is 0 Å². The zero-order valence-electron chi connectivity index (χ0n) is 19.3. The first-order chi connectivity index (χ1) is 15.9. The highest BCUT2D eigenvalue weighted by molar-refractivity contribution is 5.43. The highest BCUT2D eigenvalue weighted by Gasteiger charge is 2.22. The van der Waals surface area contributed by atoms with E-state index in [4.69, 9.17) is 9.47 Å². The van der Waals surface area contributed by atoms with E-state index >= 15 is 0 Å². The van der Waals surface area contributed by atoms with E-state index in [1.54, 1.807) is 28.9 Å². The molecule has 178 valence electrons. The Bertz CT molecular complexity index is 1020. The molecule has 0 aliphatic rings. The number of hydrogen-bond acceptors (Lipinski definition) is 5. The number of aliphatic hydroxyl groups excluding tert-OH is 1. The normalized spacial score (nSPS) is 12.3. The van der Waals surface area contributed by atoms with E-state index in [0.717, 1.165) is 24.2 Å². The summed E-state index contributed by atoms with van der Waals surface area (Å²) in [7, 11) is 0. The molecule has 1 N–H and O–H groups in total. The molecule has 0 spiro atoms. The van der Waals surface area contributed by atoms with Crippen molar-refractivity contribution in [3.63, 3.8) is 0 Å². The molecule has 0 saturated heterocycles. The molecule has 0 fully saturated rings. The van der Waals surface area contributed by atoms with Crippen LogP contribution in [-0.2, 0) is 11.3 Å². The van der Waals surface area contributed by atoms with Crippen LogP contribution in [-0.4, -0.2) is 52.2 Å². The molecule has 2 aromatic carbocycles. The molecule has 33 heavy (non-hydrogen) atoms. The van der Waals surface area contributed by atoms with Crippen molar-refractivity contribution < 1.29 is 23.4 Å². The Balaban J connectivity index is 1.97. The van der Waals surface area contributed by atoms with Crippen molar-refractivity contribution in [2.75, 3.05) is 26.3 Å². The number of nitrogens with zero attached hydrogens (tertiary/aromatic N) is 3. The minimum absolute atomic E-state index is 0.261. The van der Waals surface area contributed by atoms with Gasteiger partial charge in [0.05, 0.1) is 29.7 Å². The lowest BCUT2D eigenvalue weighted by Gasteiger charge is -2.25. The van der Waals surface area contributed by atoms with Crippen molar-refractivity contribution in [2.24, 2.45) is 0 Å². The van der Waals surface area contributed by atoms with E-state index in [1.807, 2.05) is 13.8 Å². The molecule has 1 aromatic heterocycles. The summed E-state index contributed by atoms with van der Waals surface area (Å²) >= 11 is 0. The summed E-state index contributed by atoms with van der Waals surface area (Å²) in [5.41, 5.74) is 2.15. The highest BCUT2D eigenvalue weighted by atomic mass is 19.1. The number of halogens is 2. The molecule has 1 unspecified atom stereocenters. The Hall–Kier alpha value is -2.81. The molecule has 1 heterocycles. The summed E-state index contributed by atoms with van der Waals surface area (Å²) in [5.74, 6) is -0.0128. The molecule has 8 heteroatoms. The second-order valence-electron chi connectivity index (χ2n) is 7.87. The average Bonchev–Trinajstić information content (AvgIpc) is 3.08. The van der Waals surface area contributed by atoms with Crippen LogP contribution in [0.1, 0.15) is 31.5 Å². The van der Waals surface area contributed by atoms with Gasteiger partial charge in [-0.15, -0.1) is 0 Å². The maximum absolute atomic E-state index is 13.8. The zero-order chi connectivity index (χ0) is 23.8. The molecule has 0 aliphatic heterocycles. The minimum Gasteiger partial charge on any atom is -0.438 e. The Labute approximate surface area is 193 Å². The zero-order valence-corrected chi connectivity index (χ0v) is 19.3. The third-order valence-electron chi connectivity index (χ3n) is 5.12. The van der Waals surface area contributed by atoms with Gasteiger partial charge in [0.15, 0.2) is 0 Å². The summed E-state index contributed by atoms with van der Waals surface area (Å²) in [4.78, 5) is 2.11. The molecular weight excluding hydrogens is 428 g/mol. The topological polar surface area (TPSA) is 59.8 Å². The molecule has 0 radical (unpaired) electrons. The Morgan fingerprint density at radius 1 is 1.09 bits per heavy atom. The number of aryl methyl sites for hydroxylation is 1. The van der Waals surface area contributed by atoms with E-state index in [9.17, 15) is 13.9 Å². The number of aromatic nitrogens is 2. The van der Waals surface area contributed by atoms with Crippen LogP contribution in [0.3, 0.4) is 0 Å². The Morgan fingerprint density at radius 3 is 2.52 bits per heavy atom. The van der Waals surface area contributed by atoms with Crippen LogP contribution < -0.4 is 4.74 Å². The van der Waals surface area contributed by atoms with Gasteiger partial charge in [-0.1, -0.05) is 13.0 Å². The maximum atomic E-state index is 13.8.